The standard InChI is InChI=1S/C18H23F3N2O4/c1-2-22(11-17(25)26)14-7-9-23(10-8-14)16(24)12-27-15-5-3-13(4-6-15)18(19,20)21/h3-6,14H,2,7-12H2,1H3,(H,25,26). The van der Waals surface area contributed by atoms with Crippen molar-refractivity contribution >= 4 is 11.9 Å². The number of ether oxygens (including phenoxy) is 1. The lowest BCUT2D eigenvalue weighted by atomic mass is 10.0. The number of rotatable bonds is 7. The van der Waals surface area contributed by atoms with Crippen LogP contribution in [0.4, 0.5) is 13.2 Å². The van der Waals surface area contributed by atoms with E-state index in [0.717, 1.165) is 12.1 Å². The summed E-state index contributed by atoms with van der Waals surface area (Å²) in [6, 6.07) is 4.31. The Bertz CT molecular complexity index is 641. The number of halogens is 3. The van der Waals surface area contributed by atoms with Crippen LogP contribution in [-0.2, 0) is 15.8 Å². The molecule has 0 spiro atoms. The first kappa shape index (κ1) is 21.0. The molecular formula is C18H23F3N2O4. The molecule has 0 aromatic heterocycles. The molecule has 1 aliphatic rings. The molecule has 0 radical (unpaired) electrons. The maximum absolute atomic E-state index is 12.5. The first-order valence-electron chi connectivity index (χ1n) is 8.74. The second-order valence-electron chi connectivity index (χ2n) is 6.38. The van der Waals surface area contributed by atoms with Crippen LogP contribution in [0, 0.1) is 0 Å². The fourth-order valence-corrected chi connectivity index (χ4v) is 3.13. The van der Waals surface area contributed by atoms with E-state index in [1.165, 1.54) is 12.1 Å². The average Bonchev–Trinajstić information content (AvgIpc) is 2.64. The summed E-state index contributed by atoms with van der Waals surface area (Å²) in [5, 5.41) is 8.94. The Morgan fingerprint density at radius 3 is 2.30 bits per heavy atom. The number of carbonyl (C=O) groups excluding carboxylic acids is 1. The van der Waals surface area contributed by atoms with Gasteiger partial charge in [-0.2, -0.15) is 13.2 Å². The molecule has 1 fully saturated rings. The van der Waals surface area contributed by atoms with Crippen molar-refractivity contribution in [1.29, 1.82) is 0 Å². The maximum Gasteiger partial charge on any atom is 0.416 e. The molecule has 1 heterocycles. The number of likely N-dealkylation sites (tertiary alicyclic amines) is 1. The van der Waals surface area contributed by atoms with E-state index in [1.807, 2.05) is 11.8 Å². The molecule has 9 heteroatoms. The number of nitrogens with zero attached hydrogens (tertiary/aromatic N) is 2. The van der Waals surface area contributed by atoms with E-state index in [1.54, 1.807) is 4.90 Å². The minimum absolute atomic E-state index is 0.0217. The number of likely N-dealkylation sites (N-methyl/N-ethyl adjacent to an activating group) is 1. The number of benzene rings is 1. The normalized spacial score (nSPS) is 15.8. The van der Waals surface area contributed by atoms with Gasteiger partial charge in [-0.05, 0) is 43.7 Å². The minimum atomic E-state index is -4.41. The number of aliphatic carboxylic acids is 1. The van der Waals surface area contributed by atoms with Gasteiger partial charge in [-0.1, -0.05) is 6.92 Å². The summed E-state index contributed by atoms with van der Waals surface area (Å²) in [4.78, 5) is 26.6. The number of hydrogen-bond donors (Lipinski definition) is 1. The highest BCUT2D eigenvalue weighted by Gasteiger charge is 2.30. The molecule has 2 rings (SSSR count). The van der Waals surface area contributed by atoms with Crippen molar-refractivity contribution in [1.82, 2.24) is 9.80 Å². The third-order valence-electron chi connectivity index (χ3n) is 4.62. The smallest absolute Gasteiger partial charge is 0.416 e. The lowest BCUT2D eigenvalue weighted by molar-refractivity contribution is -0.140. The molecule has 0 saturated carbocycles. The van der Waals surface area contributed by atoms with Crippen molar-refractivity contribution in [2.24, 2.45) is 0 Å². The van der Waals surface area contributed by atoms with Crippen LogP contribution in [0.5, 0.6) is 5.75 Å². The number of carboxylic acids is 1. The van der Waals surface area contributed by atoms with Crippen molar-refractivity contribution in [3.05, 3.63) is 29.8 Å². The Hall–Kier alpha value is -2.29. The largest absolute Gasteiger partial charge is 0.484 e. The second-order valence-corrected chi connectivity index (χ2v) is 6.38. The van der Waals surface area contributed by atoms with Crippen molar-refractivity contribution in [3.8, 4) is 5.75 Å². The summed E-state index contributed by atoms with van der Waals surface area (Å²) >= 11 is 0. The highest BCUT2D eigenvalue weighted by Crippen LogP contribution is 2.30. The summed E-state index contributed by atoms with van der Waals surface area (Å²) in [5.74, 6) is -0.917. The van der Waals surface area contributed by atoms with E-state index >= 15 is 0 Å². The molecule has 6 nitrogen and oxygen atoms in total. The van der Waals surface area contributed by atoms with Gasteiger partial charge in [0.25, 0.3) is 5.91 Å². The SMILES string of the molecule is CCN(CC(=O)O)C1CCN(C(=O)COc2ccc(C(F)(F)F)cc2)CC1. The summed E-state index contributed by atoms with van der Waals surface area (Å²) in [6.07, 6.45) is -3.06. The highest BCUT2D eigenvalue weighted by molar-refractivity contribution is 5.77. The molecular weight excluding hydrogens is 365 g/mol. The Morgan fingerprint density at radius 1 is 1.22 bits per heavy atom. The van der Waals surface area contributed by atoms with Crippen molar-refractivity contribution in [2.45, 2.75) is 32.0 Å². The van der Waals surface area contributed by atoms with Gasteiger partial charge < -0.3 is 14.7 Å². The van der Waals surface area contributed by atoms with Crippen LogP contribution in [0.15, 0.2) is 24.3 Å². The summed E-state index contributed by atoms with van der Waals surface area (Å²) in [7, 11) is 0. The van der Waals surface area contributed by atoms with Crippen LogP contribution in [0.25, 0.3) is 0 Å². The molecule has 1 saturated heterocycles. The average molecular weight is 388 g/mol. The fraction of sp³-hybridized carbons (Fsp3) is 0.556. The Balaban J connectivity index is 1.80. The molecule has 1 amide bonds. The number of hydrogen-bond acceptors (Lipinski definition) is 4. The van der Waals surface area contributed by atoms with E-state index in [-0.39, 0.29) is 30.9 Å². The molecule has 0 unspecified atom stereocenters. The molecule has 1 aromatic carbocycles. The van der Waals surface area contributed by atoms with Crippen LogP contribution in [-0.4, -0.2) is 65.6 Å². The molecule has 1 aliphatic heterocycles. The van der Waals surface area contributed by atoms with Gasteiger partial charge in [0.05, 0.1) is 12.1 Å². The predicted octanol–water partition coefficient (Wildman–Crippen LogP) is 2.48. The van der Waals surface area contributed by atoms with E-state index in [0.29, 0.717) is 32.5 Å². The summed E-state index contributed by atoms with van der Waals surface area (Å²) in [6.45, 7) is 3.25. The Labute approximate surface area is 155 Å². The van der Waals surface area contributed by atoms with Gasteiger partial charge in [0.1, 0.15) is 5.75 Å². The van der Waals surface area contributed by atoms with Gasteiger partial charge in [0, 0.05) is 19.1 Å². The van der Waals surface area contributed by atoms with Gasteiger partial charge in [0.15, 0.2) is 6.61 Å². The Morgan fingerprint density at radius 2 is 1.81 bits per heavy atom. The fourth-order valence-electron chi connectivity index (χ4n) is 3.13. The van der Waals surface area contributed by atoms with Gasteiger partial charge in [0.2, 0.25) is 0 Å². The van der Waals surface area contributed by atoms with Gasteiger partial charge in [-0.15, -0.1) is 0 Å². The molecule has 1 N–H and O–H groups in total. The number of carbonyl (C=O) groups is 2. The monoisotopic (exact) mass is 388 g/mol. The Kier molecular flexibility index (Phi) is 7.06. The van der Waals surface area contributed by atoms with E-state index in [2.05, 4.69) is 0 Å². The molecule has 0 atom stereocenters. The zero-order chi connectivity index (χ0) is 20.0. The maximum atomic E-state index is 12.5. The van der Waals surface area contributed by atoms with Gasteiger partial charge >= 0.3 is 12.1 Å². The minimum Gasteiger partial charge on any atom is -0.484 e. The molecule has 150 valence electrons. The predicted molar refractivity (Wildman–Crippen MR) is 91.4 cm³/mol. The second kappa shape index (κ2) is 9.07. The number of piperidine rings is 1. The van der Waals surface area contributed by atoms with Crippen LogP contribution < -0.4 is 4.74 Å². The lowest BCUT2D eigenvalue weighted by Gasteiger charge is -2.37. The first-order valence-corrected chi connectivity index (χ1v) is 8.74. The van der Waals surface area contributed by atoms with Crippen molar-refractivity contribution in [2.75, 3.05) is 32.8 Å². The van der Waals surface area contributed by atoms with Crippen LogP contribution in [0.1, 0.15) is 25.3 Å². The summed E-state index contributed by atoms with van der Waals surface area (Å²) in [5.41, 5.74) is -0.773. The molecule has 0 aliphatic carbocycles. The topological polar surface area (TPSA) is 70.1 Å². The van der Waals surface area contributed by atoms with E-state index in [9.17, 15) is 22.8 Å². The number of carboxylic acid groups (broad SMARTS) is 1. The zero-order valence-corrected chi connectivity index (χ0v) is 15.0. The highest BCUT2D eigenvalue weighted by atomic mass is 19.4. The summed E-state index contributed by atoms with van der Waals surface area (Å²) < 4.78 is 42.9. The van der Waals surface area contributed by atoms with Crippen molar-refractivity contribution in [3.63, 3.8) is 0 Å². The lowest BCUT2D eigenvalue weighted by Crippen LogP contribution is -2.49. The quantitative estimate of drug-likeness (QED) is 0.777. The number of amides is 1. The van der Waals surface area contributed by atoms with Crippen LogP contribution in [0.3, 0.4) is 0 Å². The van der Waals surface area contributed by atoms with Gasteiger partial charge in [-0.25, -0.2) is 0 Å². The van der Waals surface area contributed by atoms with Crippen LogP contribution in [0.2, 0.25) is 0 Å². The van der Waals surface area contributed by atoms with Gasteiger partial charge in [-0.3, -0.25) is 14.5 Å². The van der Waals surface area contributed by atoms with E-state index in [4.69, 9.17) is 9.84 Å². The molecule has 0 bridgehead atoms. The first-order chi connectivity index (χ1) is 12.7. The molecule has 27 heavy (non-hydrogen) atoms. The third-order valence-corrected chi connectivity index (χ3v) is 4.62. The molecule has 1 aromatic rings. The van der Waals surface area contributed by atoms with Crippen molar-refractivity contribution < 1.29 is 32.6 Å². The number of alkyl halides is 3. The zero-order valence-electron chi connectivity index (χ0n) is 15.0. The van der Waals surface area contributed by atoms with Crippen LogP contribution >= 0.6 is 0 Å². The third kappa shape index (κ3) is 6.13. The van der Waals surface area contributed by atoms with E-state index < -0.39 is 17.7 Å².